The van der Waals surface area contributed by atoms with E-state index in [1.807, 2.05) is 36.4 Å². The van der Waals surface area contributed by atoms with Gasteiger partial charge in [-0.25, -0.2) is 9.59 Å². The molecule has 8 heteroatoms. The molecular formula is C26H30N2O6. The molecule has 2 aromatic carbocycles. The zero-order chi connectivity index (χ0) is 24.3. The zero-order valence-electron chi connectivity index (χ0n) is 19.4. The van der Waals surface area contributed by atoms with E-state index in [1.54, 1.807) is 6.92 Å². The SMILES string of the molecule is CCC(COC)(NC(=O)OCC1c2ccccc2-c2ccccc21)C(=O)NC1(C(=O)O)CCC1. The van der Waals surface area contributed by atoms with Gasteiger partial charge < -0.3 is 25.2 Å². The van der Waals surface area contributed by atoms with Crippen LogP contribution in [-0.4, -0.2) is 54.5 Å². The second kappa shape index (κ2) is 9.46. The van der Waals surface area contributed by atoms with Crippen molar-refractivity contribution in [1.29, 1.82) is 0 Å². The Balaban J connectivity index is 1.48. The topological polar surface area (TPSA) is 114 Å². The van der Waals surface area contributed by atoms with Gasteiger partial charge in [0.15, 0.2) is 0 Å². The molecule has 0 spiro atoms. The van der Waals surface area contributed by atoms with Gasteiger partial charge in [-0.15, -0.1) is 0 Å². The van der Waals surface area contributed by atoms with E-state index in [-0.39, 0.29) is 25.6 Å². The minimum absolute atomic E-state index is 0.104. The number of hydrogen-bond acceptors (Lipinski definition) is 5. The number of benzene rings is 2. The molecule has 1 atom stereocenters. The van der Waals surface area contributed by atoms with Gasteiger partial charge in [-0.1, -0.05) is 55.5 Å². The summed E-state index contributed by atoms with van der Waals surface area (Å²) in [6.45, 7) is 1.72. The number of alkyl carbamates (subject to hydrolysis) is 1. The van der Waals surface area contributed by atoms with Crippen LogP contribution in [-0.2, 0) is 19.1 Å². The number of fused-ring (bicyclic) bond motifs is 3. The molecule has 2 aliphatic carbocycles. The molecule has 4 rings (SSSR count). The van der Waals surface area contributed by atoms with Crippen molar-refractivity contribution in [2.45, 2.75) is 49.6 Å². The second-order valence-corrected chi connectivity index (χ2v) is 9.01. The third-order valence-corrected chi connectivity index (χ3v) is 7.08. The molecular weight excluding hydrogens is 436 g/mol. The number of aliphatic carboxylic acids is 1. The van der Waals surface area contributed by atoms with Crippen LogP contribution in [0.4, 0.5) is 4.79 Å². The van der Waals surface area contributed by atoms with Crippen molar-refractivity contribution in [3.63, 3.8) is 0 Å². The Kier molecular flexibility index (Phi) is 6.61. The maximum Gasteiger partial charge on any atom is 0.408 e. The summed E-state index contributed by atoms with van der Waals surface area (Å²) in [4.78, 5) is 37.8. The molecule has 0 aromatic heterocycles. The Labute approximate surface area is 198 Å². The minimum atomic E-state index is -1.45. The Hall–Kier alpha value is -3.39. The fourth-order valence-electron chi connectivity index (χ4n) is 4.85. The van der Waals surface area contributed by atoms with E-state index in [4.69, 9.17) is 9.47 Å². The molecule has 1 unspecified atom stereocenters. The van der Waals surface area contributed by atoms with Crippen molar-refractivity contribution in [2.75, 3.05) is 20.3 Å². The lowest BCUT2D eigenvalue weighted by Crippen LogP contribution is -2.68. The standard InChI is InChI=1S/C26H30N2O6/c1-3-25(16-33-2,22(29)27-26(23(30)31)13-8-14-26)28-24(32)34-15-21-19-11-6-4-9-17(19)18-10-5-7-12-20(18)21/h4-7,9-12,21H,3,8,13-16H2,1-2H3,(H,27,29)(H,28,32)(H,30,31). The molecule has 8 nitrogen and oxygen atoms in total. The summed E-state index contributed by atoms with van der Waals surface area (Å²) in [5.41, 5.74) is 1.66. The van der Waals surface area contributed by atoms with Gasteiger partial charge in [-0.05, 0) is 47.9 Å². The number of hydrogen-bond donors (Lipinski definition) is 3. The molecule has 180 valence electrons. The number of nitrogens with one attached hydrogen (secondary N) is 2. The number of methoxy groups -OCH3 is 1. The van der Waals surface area contributed by atoms with Crippen LogP contribution in [0, 0.1) is 0 Å². The number of carboxylic acids is 1. The molecule has 2 amide bonds. The Morgan fingerprint density at radius 3 is 2.12 bits per heavy atom. The number of ether oxygens (including phenoxy) is 2. The summed E-state index contributed by atoms with van der Waals surface area (Å²) in [7, 11) is 1.42. The Bertz CT molecular complexity index is 1050. The zero-order valence-corrected chi connectivity index (χ0v) is 19.4. The molecule has 0 heterocycles. The van der Waals surface area contributed by atoms with Gasteiger partial charge in [0.2, 0.25) is 5.91 Å². The van der Waals surface area contributed by atoms with E-state index in [2.05, 4.69) is 22.8 Å². The first kappa shape index (κ1) is 23.8. The van der Waals surface area contributed by atoms with Crippen LogP contribution >= 0.6 is 0 Å². The minimum Gasteiger partial charge on any atom is -0.480 e. The highest BCUT2D eigenvalue weighted by Gasteiger charge is 2.50. The molecule has 0 bridgehead atoms. The van der Waals surface area contributed by atoms with Gasteiger partial charge in [0, 0.05) is 13.0 Å². The van der Waals surface area contributed by atoms with Crippen LogP contribution in [0.15, 0.2) is 48.5 Å². The first-order valence-electron chi connectivity index (χ1n) is 11.5. The summed E-state index contributed by atoms with van der Waals surface area (Å²) in [5, 5.41) is 14.9. The van der Waals surface area contributed by atoms with E-state index in [0.717, 1.165) is 28.7 Å². The normalized spacial score (nSPS) is 17.5. The van der Waals surface area contributed by atoms with Crippen molar-refractivity contribution in [2.24, 2.45) is 0 Å². The Morgan fingerprint density at radius 2 is 1.65 bits per heavy atom. The predicted molar refractivity (Wildman–Crippen MR) is 125 cm³/mol. The third-order valence-electron chi connectivity index (χ3n) is 7.08. The molecule has 3 N–H and O–H groups in total. The largest absolute Gasteiger partial charge is 0.480 e. The average Bonchev–Trinajstić information content (AvgIpc) is 3.13. The monoisotopic (exact) mass is 466 g/mol. The maximum absolute atomic E-state index is 13.2. The molecule has 0 radical (unpaired) electrons. The quantitative estimate of drug-likeness (QED) is 0.522. The number of carbonyl (C=O) groups excluding carboxylic acids is 2. The van der Waals surface area contributed by atoms with Crippen molar-refractivity contribution >= 4 is 18.0 Å². The van der Waals surface area contributed by atoms with Gasteiger partial charge in [0.1, 0.15) is 17.7 Å². The fraction of sp³-hybridized carbons (Fsp3) is 0.423. The van der Waals surface area contributed by atoms with Crippen molar-refractivity contribution < 1.29 is 29.0 Å². The molecule has 2 aromatic rings. The third kappa shape index (κ3) is 4.14. The van der Waals surface area contributed by atoms with Crippen LogP contribution in [0.1, 0.15) is 49.7 Å². The lowest BCUT2D eigenvalue weighted by atomic mass is 9.76. The van der Waals surface area contributed by atoms with Crippen molar-refractivity contribution in [3.05, 3.63) is 59.7 Å². The van der Waals surface area contributed by atoms with Gasteiger partial charge in [-0.2, -0.15) is 0 Å². The molecule has 34 heavy (non-hydrogen) atoms. The molecule has 0 saturated heterocycles. The van der Waals surface area contributed by atoms with E-state index in [1.165, 1.54) is 7.11 Å². The van der Waals surface area contributed by atoms with Crippen LogP contribution in [0.3, 0.4) is 0 Å². The lowest BCUT2D eigenvalue weighted by molar-refractivity contribution is -0.153. The summed E-state index contributed by atoms with van der Waals surface area (Å²) in [6.07, 6.45) is 0.869. The summed E-state index contributed by atoms with van der Waals surface area (Å²) in [5.74, 6) is -1.78. The highest BCUT2D eigenvalue weighted by atomic mass is 16.5. The second-order valence-electron chi connectivity index (χ2n) is 9.01. The summed E-state index contributed by atoms with van der Waals surface area (Å²) < 4.78 is 10.8. The smallest absolute Gasteiger partial charge is 0.408 e. The van der Waals surface area contributed by atoms with Gasteiger partial charge in [0.05, 0.1) is 6.61 Å². The first-order chi connectivity index (χ1) is 16.4. The van der Waals surface area contributed by atoms with Crippen LogP contribution < -0.4 is 10.6 Å². The Morgan fingerprint density at radius 1 is 1.06 bits per heavy atom. The molecule has 0 aliphatic heterocycles. The van der Waals surface area contributed by atoms with Gasteiger partial charge >= 0.3 is 12.1 Å². The van der Waals surface area contributed by atoms with Crippen LogP contribution in [0.25, 0.3) is 11.1 Å². The van der Waals surface area contributed by atoms with Crippen molar-refractivity contribution in [3.8, 4) is 11.1 Å². The number of amides is 2. The number of carboxylic acid groups (broad SMARTS) is 1. The van der Waals surface area contributed by atoms with E-state index in [0.29, 0.717) is 12.8 Å². The average molecular weight is 467 g/mol. The molecule has 1 fully saturated rings. The predicted octanol–water partition coefficient (Wildman–Crippen LogP) is 3.44. The molecule has 1 saturated carbocycles. The first-order valence-corrected chi connectivity index (χ1v) is 11.5. The van der Waals surface area contributed by atoms with Crippen LogP contribution in [0.5, 0.6) is 0 Å². The fourth-order valence-corrected chi connectivity index (χ4v) is 4.85. The lowest BCUT2D eigenvalue weighted by Gasteiger charge is -2.41. The van der Waals surface area contributed by atoms with E-state index >= 15 is 0 Å². The summed E-state index contributed by atoms with van der Waals surface area (Å²) >= 11 is 0. The van der Waals surface area contributed by atoms with Gasteiger partial charge in [-0.3, -0.25) is 4.79 Å². The number of carbonyl (C=O) groups is 3. The van der Waals surface area contributed by atoms with Crippen LogP contribution in [0.2, 0.25) is 0 Å². The molecule has 2 aliphatic rings. The summed E-state index contributed by atoms with van der Waals surface area (Å²) in [6, 6.07) is 16.0. The number of rotatable bonds is 9. The van der Waals surface area contributed by atoms with E-state index in [9.17, 15) is 19.5 Å². The van der Waals surface area contributed by atoms with Gasteiger partial charge in [0.25, 0.3) is 0 Å². The van der Waals surface area contributed by atoms with Crippen molar-refractivity contribution in [1.82, 2.24) is 10.6 Å². The highest BCUT2D eigenvalue weighted by molar-refractivity contribution is 5.95. The van der Waals surface area contributed by atoms with E-state index < -0.39 is 29.0 Å². The highest BCUT2D eigenvalue weighted by Crippen LogP contribution is 2.44. The maximum atomic E-state index is 13.2.